The van der Waals surface area contributed by atoms with Crippen molar-refractivity contribution >= 4 is 44.3 Å². The number of thioether (sulfide) groups is 1. The number of hydrogen-bond acceptors (Lipinski definition) is 3. The monoisotopic (exact) mass is 324 g/mol. The molecule has 0 unspecified atom stereocenters. The van der Waals surface area contributed by atoms with Gasteiger partial charge in [-0.3, -0.25) is 4.98 Å². The van der Waals surface area contributed by atoms with Gasteiger partial charge in [-0.15, -0.1) is 11.8 Å². The molecule has 2 N–H and O–H groups in total. The van der Waals surface area contributed by atoms with Crippen LogP contribution in [0.25, 0.3) is 10.9 Å². The molecule has 1 aromatic carbocycles. The summed E-state index contributed by atoms with van der Waals surface area (Å²) in [6, 6.07) is 6.12. The number of anilines is 1. The Morgan fingerprint density at radius 2 is 2.17 bits per heavy atom. The highest BCUT2D eigenvalue weighted by molar-refractivity contribution is 9.10. The zero-order chi connectivity index (χ0) is 13.1. The number of benzene rings is 1. The van der Waals surface area contributed by atoms with Gasteiger partial charge >= 0.3 is 0 Å². The van der Waals surface area contributed by atoms with Gasteiger partial charge in [0.05, 0.1) is 17.4 Å². The van der Waals surface area contributed by atoms with E-state index in [1.54, 1.807) is 6.20 Å². The highest BCUT2D eigenvalue weighted by atomic mass is 79.9. The van der Waals surface area contributed by atoms with Crippen LogP contribution < -0.4 is 5.73 Å². The van der Waals surface area contributed by atoms with E-state index < -0.39 is 0 Å². The number of rotatable bonds is 4. The fourth-order valence-corrected chi connectivity index (χ4v) is 3.41. The molecule has 0 amide bonds. The molecule has 2 aromatic rings. The molecule has 0 fully saturated rings. The van der Waals surface area contributed by atoms with Crippen LogP contribution in [0.5, 0.6) is 0 Å². The zero-order valence-corrected chi connectivity index (χ0v) is 13.0. The molecule has 0 aliphatic carbocycles. The maximum Gasteiger partial charge on any atom is 0.0715 e. The van der Waals surface area contributed by atoms with E-state index in [9.17, 15) is 0 Å². The van der Waals surface area contributed by atoms with Crippen molar-refractivity contribution in [2.24, 2.45) is 5.92 Å². The Kier molecular flexibility index (Phi) is 4.51. The SMILES string of the molecule is CC(C)CCSc1c(N)cnc2ccc(Br)cc12. The van der Waals surface area contributed by atoms with Crippen molar-refractivity contribution in [3.63, 3.8) is 0 Å². The van der Waals surface area contributed by atoms with Crippen LogP contribution in [0, 0.1) is 5.92 Å². The van der Waals surface area contributed by atoms with Gasteiger partial charge in [0.25, 0.3) is 0 Å². The summed E-state index contributed by atoms with van der Waals surface area (Å²) in [7, 11) is 0. The van der Waals surface area contributed by atoms with Crippen LogP contribution >= 0.6 is 27.7 Å². The van der Waals surface area contributed by atoms with Crippen molar-refractivity contribution in [2.45, 2.75) is 25.2 Å². The van der Waals surface area contributed by atoms with Crippen LogP contribution in [0.2, 0.25) is 0 Å². The average Bonchev–Trinajstić information content (AvgIpc) is 2.31. The highest BCUT2D eigenvalue weighted by Gasteiger charge is 2.08. The van der Waals surface area contributed by atoms with Gasteiger partial charge in [-0.05, 0) is 36.3 Å². The van der Waals surface area contributed by atoms with Gasteiger partial charge in [0.15, 0.2) is 0 Å². The Morgan fingerprint density at radius 3 is 2.89 bits per heavy atom. The number of fused-ring (bicyclic) bond motifs is 1. The van der Waals surface area contributed by atoms with E-state index in [2.05, 4.69) is 40.8 Å². The van der Waals surface area contributed by atoms with Gasteiger partial charge in [0, 0.05) is 14.8 Å². The third-order valence-electron chi connectivity index (χ3n) is 2.75. The molecule has 0 aliphatic rings. The Hall–Kier alpha value is -0.740. The molecule has 18 heavy (non-hydrogen) atoms. The second-order valence-electron chi connectivity index (χ2n) is 4.74. The lowest BCUT2D eigenvalue weighted by molar-refractivity contribution is 0.632. The van der Waals surface area contributed by atoms with Gasteiger partial charge in [0.2, 0.25) is 0 Å². The summed E-state index contributed by atoms with van der Waals surface area (Å²) in [5, 5.41) is 1.14. The first-order valence-corrected chi connectivity index (χ1v) is 7.82. The quantitative estimate of drug-likeness (QED) is 0.827. The first kappa shape index (κ1) is 13.7. The summed E-state index contributed by atoms with van der Waals surface area (Å²) in [4.78, 5) is 5.52. The van der Waals surface area contributed by atoms with Crippen LogP contribution in [0.15, 0.2) is 33.8 Å². The molecule has 4 heteroatoms. The molecule has 0 atom stereocenters. The first-order valence-electron chi connectivity index (χ1n) is 6.04. The molecular formula is C14H17BrN2S. The van der Waals surface area contributed by atoms with Crippen molar-refractivity contribution in [3.05, 3.63) is 28.9 Å². The minimum absolute atomic E-state index is 0.721. The van der Waals surface area contributed by atoms with Crippen molar-refractivity contribution in [2.75, 3.05) is 11.5 Å². The molecule has 0 spiro atoms. The van der Waals surface area contributed by atoms with E-state index in [-0.39, 0.29) is 0 Å². The van der Waals surface area contributed by atoms with Crippen molar-refractivity contribution in [1.29, 1.82) is 0 Å². The molecule has 2 rings (SSSR count). The molecule has 0 saturated heterocycles. The van der Waals surface area contributed by atoms with Crippen LogP contribution in [0.4, 0.5) is 5.69 Å². The van der Waals surface area contributed by atoms with Crippen LogP contribution in [0.3, 0.4) is 0 Å². The Bertz CT molecular complexity index is 549. The van der Waals surface area contributed by atoms with Crippen molar-refractivity contribution < 1.29 is 0 Å². The van der Waals surface area contributed by atoms with E-state index in [0.717, 1.165) is 37.6 Å². The largest absolute Gasteiger partial charge is 0.397 e. The molecule has 0 bridgehead atoms. The second kappa shape index (κ2) is 5.93. The average molecular weight is 325 g/mol. The summed E-state index contributed by atoms with van der Waals surface area (Å²) in [5.74, 6) is 1.81. The lowest BCUT2D eigenvalue weighted by atomic mass is 10.2. The predicted octanol–water partition coefficient (Wildman–Crippen LogP) is 4.72. The van der Waals surface area contributed by atoms with Crippen molar-refractivity contribution in [3.8, 4) is 0 Å². The number of nitrogens with two attached hydrogens (primary N) is 1. The Labute approximate surface area is 120 Å². The number of pyridine rings is 1. The smallest absolute Gasteiger partial charge is 0.0715 e. The van der Waals surface area contributed by atoms with E-state index in [1.807, 2.05) is 23.9 Å². The highest BCUT2D eigenvalue weighted by Crippen LogP contribution is 2.34. The molecule has 1 heterocycles. The van der Waals surface area contributed by atoms with Gasteiger partial charge in [-0.1, -0.05) is 29.8 Å². The van der Waals surface area contributed by atoms with Crippen LogP contribution in [-0.4, -0.2) is 10.7 Å². The number of halogens is 1. The Balaban J connectivity index is 2.34. The third-order valence-corrected chi connectivity index (χ3v) is 4.43. The van der Waals surface area contributed by atoms with Crippen LogP contribution in [-0.2, 0) is 0 Å². The van der Waals surface area contributed by atoms with Crippen molar-refractivity contribution in [1.82, 2.24) is 4.98 Å². The first-order chi connectivity index (χ1) is 8.58. The predicted molar refractivity (Wildman–Crippen MR) is 84.0 cm³/mol. The number of nitrogen functional groups attached to an aromatic ring is 1. The van der Waals surface area contributed by atoms with Crippen LogP contribution in [0.1, 0.15) is 20.3 Å². The Morgan fingerprint density at radius 1 is 1.39 bits per heavy atom. The van der Waals surface area contributed by atoms with E-state index in [0.29, 0.717) is 0 Å². The minimum Gasteiger partial charge on any atom is -0.397 e. The van der Waals surface area contributed by atoms with Gasteiger partial charge in [-0.25, -0.2) is 0 Å². The number of aromatic nitrogens is 1. The maximum atomic E-state index is 6.05. The fraction of sp³-hybridized carbons (Fsp3) is 0.357. The third kappa shape index (κ3) is 3.18. The molecule has 0 aliphatic heterocycles. The molecule has 96 valence electrons. The second-order valence-corrected chi connectivity index (χ2v) is 6.76. The van der Waals surface area contributed by atoms with Gasteiger partial charge < -0.3 is 5.73 Å². The lowest BCUT2D eigenvalue weighted by Gasteiger charge is -2.10. The topological polar surface area (TPSA) is 38.9 Å². The van der Waals surface area contributed by atoms with E-state index >= 15 is 0 Å². The summed E-state index contributed by atoms with van der Waals surface area (Å²) >= 11 is 5.33. The van der Waals surface area contributed by atoms with E-state index in [4.69, 9.17) is 5.73 Å². The van der Waals surface area contributed by atoms with E-state index in [1.165, 1.54) is 6.42 Å². The number of hydrogen-bond donors (Lipinski definition) is 1. The zero-order valence-electron chi connectivity index (χ0n) is 10.6. The standard InChI is InChI=1S/C14H17BrN2S/c1-9(2)5-6-18-14-11-7-10(15)3-4-13(11)17-8-12(14)16/h3-4,7-9H,5-6,16H2,1-2H3. The van der Waals surface area contributed by atoms with Gasteiger partial charge in [0.1, 0.15) is 0 Å². The molecule has 0 radical (unpaired) electrons. The summed E-state index contributed by atoms with van der Waals surface area (Å²) in [6.07, 6.45) is 2.95. The summed E-state index contributed by atoms with van der Waals surface area (Å²) < 4.78 is 1.06. The molecule has 0 saturated carbocycles. The minimum atomic E-state index is 0.721. The molecule has 2 nitrogen and oxygen atoms in total. The summed E-state index contributed by atoms with van der Waals surface area (Å²) in [5.41, 5.74) is 7.83. The van der Waals surface area contributed by atoms with Gasteiger partial charge in [-0.2, -0.15) is 0 Å². The number of nitrogens with zero attached hydrogens (tertiary/aromatic N) is 1. The normalized spacial score (nSPS) is 11.3. The maximum absolute atomic E-state index is 6.05. The molecular weight excluding hydrogens is 308 g/mol. The summed E-state index contributed by atoms with van der Waals surface area (Å²) in [6.45, 7) is 4.48. The molecule has 1 aromatic heterocycles. The fourth-order valence-electron chi connectivity index (χ4n) is 1.71. The lowest BCUT2D eigenvalue weighted by Crippen LogP contribution is -1.95.